The molecule has 0 N–H and O–H groups in total. The molecule has 0 bridgehead atoms. The maximum absolute atomic E-state index is 5.63. The first kappa shape index (κ1) is 9.92. The summed E-state index contributed by atoms with van der Waals surface area (Å²) in [6, 6.07) is 3.39. The van der Waals surface area contributed by atoms with Crippen molar-refractivity contribution in [2.45, 2.75) is 6.92 Å². The average Bonchev–Trinajstić information content (AvgIpc) is 2.68. The first-order valence-electron chi connectivity index (χ1n) is 4.46. The van der Waals surface area contributed by atoms with Gasteiger partial charge < -0.3 is 4.74 Å². The fourth-order valence-electron chi connectivity index (χ4n) is 1.10. The quantitative estimate of drug-likeness (QED) is 0.797. The minimum Gasteiger partial charge on any atom is -0.491 e. The van der Waals surface area contributed by atoms with E-state index in [9.17, 15) is 0 Å². The Bertz CT molecular complexity index is 440. The topological polar surface area (TPSA) is 52.8 Å². The molecule has 5 nitrogen and oxygen atoms in total. The summed E-state index contributed by atoms with van der Waals surface area (Å²) in [5.41, 5.74) is 0. The molecule has 0 aromatic carbocycles. The lowest BCUT2D eigenvalue weighted by Gasteiger charge is -1.98. The minimum absolute atomic E-state index is 0.357. The Morgan fingerprint density at radius 3 is 2.93 bits per heavy atom. The Morgan fingerprint density at radius 1 is 1.40 bits per heavy atom. The van der Waals surface area contributed by atoms with Crippen LogP contribution in [0, 0.1) is 0 Å². The maximum Gasteiger partial charge on any atom is 0.175 e. The first-order chi connectivity index (χ1) is 7.29. The van der Waals surface area contributed by atoms with Crippen LogP contribution >= 0.6 is 11.6 Å². The number of rotatable bonds is 3. The lowest BCUT2D eigenvalue weighted by Crippen LogP contribution is -1.98. The summed E-state index contributed by atoms with van der Waals surface area (Å²) in [7, 11) is 0. The van der Waals surface area contributed by atoms with Gasteiger partial charge in [0.1, 0.15) is 0 Å². The second-order valence-electron chi connectivity index (χ2n) is 2.77. The van der Waals surface area contributed by atoms with E-state index in [4.69, 9.17) is 16.3 Å². The molecule has 0 aliphatic carbocycles. The van der Waals surface area contributed by atoms with Crippen LogP contribution in [-0.4, -0.2) is 26.6 Å². The number of nitrogens with zero attached hydrogens (tertiary/aromatic N) is 4. The highest BCUT2D eigenvalue weighted by molar-refractivity contribution is 6.29. The molecular formula is C9H9ClN4O. The van der Waals surface area contributed by atoms with E-state index in [1.807, 2.05) is 6.92 Å². The summed E-state index contributed by atoms with van der Waals surface area (Å²) in [6.45, 7) is 2.53. The Balaban J connectivity index is 2.25. The molecule has 0 aliphatic heterocycles. The van der Waals surface area contributed by atoms with Crippen molar-refractivity contribution in [2.24, 2.45) is 0 Å². The van der Waals surface area contributed by atoms with Crippen molar-refractivity contribution >= 4 is 11.6 Å². The van der Waals surface area contributed by atoms with Crippen LogP contribution in [0.1, 0.15) is 6.92 Å². The molecule has 15 heavy (non-hydrogen) atoms. The van der Waals surface area contributed by atoms with Crippen molar-refractivity contribution in [1.29, 1.82) is 0 Å². The van der Waals surface area contributed by atoms with Gasteiger partial charge in [-0.3, -0.25) is 0 Å². The highest BCUT2D eigenvalue weighted by Crippen LogP contribution is 2.12. The lowest BCUT2D eigenvalue weighted by atomic mass is 10.5. The molecule has 0 unspecified atom stereocenters. The van der Waals surface area contributed by atoms with E-state index in [-0.39, 0.29) is 0 Å². The molecule has 2 aromatic rings. The third-order valence-corrected chi connectivity index (χ3v) is 1.92. The zero-order valence-corrected chi connectivity index (χ0v) is 8.85. The van der Waals surface area contributed by atoms with E-state index in [1.54, 1.807) is 29.2 Å². The first-order valence-corrected chi connectivity index (χ1v) is 4.84. The van der Waals surface area contributed by atoms with Crippen LogP contribution in [0.4, 0.5) is 0 Å². The Kier molecular flexibility index (Phi) is 2.82. The predicted octanol–water partition coefficient (Wildman–Crippen LogP) is 1.71. The molecule has 2 heterocycles. The SMILES string of the molecule is CCOc1cnn(-c2ccc(Cl)nn2)c1. The molecule has 78 valence electrons. The molecule has 0 amide bonds. The molecule has 6 heteroatoms. The fraction of sp³-hybridized carbons (Fsp3) is 0.222. The molecule has 0 spiro atoms. The van der Waals surface area contributed by atoms with Gasteiger partial charge in [-0.15, -0.1) is 10.2 Å². The zero-order chi connectivity index (χ0) is 10.7. The average molecular weight is 225 g/mol. The molecule has 0 atom stereocenters. The molecule has 0 fully saturated rings. The van der Waals surface area contributed by atoms with Gasteiger partial charge in [0, 0.05) is 0 Å². The van der Waals surface area contributed by atoms with Crippen molar-refractivity contribution in [2.75, 3.05) is 6.61 Å². The highest BCUT2D eigenvalue weighted by Gasteiger charge is 2.02. The number of hydrogen-bond acceptors (Lipinski definition) is 4. The van der Waals surface area contributed by atoms with Crippen molar-refractivity contribution in [3.8, 4) is 11.6 Å². The molecule has 0 saturated heterocycles. The van der Waals surface area contributed by atoms with Crippen LogP contribution in [0.3, 0.4) is 0 Å². The Labute approximate surface area is 91.7 Å². The van der Waals surface area contributed by atoms with Crippen LogP contribution in [0.2, 0.25) is 5.15 Å². The smallest absolute Gasteiger partial charge is 0.175 e. The molecule has 0 saturated carbocycles. The molecule has 0 radical (unpaired) electrons. The summed E-state index contributed by atoms with van der Waals surface area (Å²) in [5, 5.41) is 12.0. The summed E-state index contributed by atoms with van der Waals surface area (Å²) in [6.07, 6.45) is 3.36. The third-order valence-electron chi connectivity index (χ3n) is 1.72. The van der Waals surface area contributed by atoms with E-state index < -0.39 is 0 Å². The van der Waals surface area contributed by atoms with Gasteiger partial charge in [-0.25, -0.2) is 4.68 Å². The van der Waals surface area contributed by atoms with Crippen LogP contribution in [0.15, 0.2) is 24.5 Å². The predicted molar refractivity (Wildman–Crippen MR) is 55.3 cm³/mol. The van der Waals surface area contributed by atoms with Gasteiger partial charge in [-0.2, -0.15) is 5.10 Å². The maximum atomic E-state index is 5.63. The standard InChI is InChI=1S/C9H9ClN4O/c1-2-15-7-5-11-14(6-7)9-4-3-8(10)12-13-9/h3-6H,2H2,1H3. The van der Waals surface area contributed by atoms with E-state index >= 15 is 0 Å². The Morgan fingerprint density at radius 2 is 2.27 bits per heavy atom. The largest absolute Gasteiger partial charge is 0.491 e. The van der Waals surface area contributed by atoms with Gasteiger partial charge in [0.25, 0.3) is 0 Å². The van der Waals surface area contributed by atoms with Gasteiger partial charge in [-0.05, 0) is 19.1 Å². The molecular weight excluding hydrogens is 216 g/mol. The second kappa shape index (κ2) is 4.27. The normalized spacial score (nSPS) is 10.3. The molecule has 2 aromatic heterocycles. The lowest BCUT2D eigenvalue weighted by molar-refractivity contribution is 0.340. The van der Waals surface area contributed by atoms with Gasteiger partial charge in [0.15, 0.2) is 16.7 Å². The summed E-state index contributed by atoms with van der Waals surface area (Å²) >= 11 is 5.63. The van der Waals surface area contributed by atoms with Gasteiger partial charge in [0.2, 0.25) is 0 Å². The third kappa shape index (κ3) is 2.24. The monoisotopic (exact) mass is 224 g/mol. The molecule has 2 rings (SSSR count). The van der Waals surface area contributed by atoms with Crippen molar-refractivity contribution in [1.82, 2.24) is 20.0 Å². The number of aromatic nitrogens is 4. The van der Waals surface area contributed by atoms with E-state index in [2.05, 4.69) is 15.3 Å². The summed E-state index contributed by atoms with van der Waals surface area (Å²) < 4.78 is 6.85. The van der Waals surface area contributed by atoms with Gasteiger partial charge >= 0.3 is 0 Å². The number of ether oxygens (including phenoxy) is 1. The van der Waals surface area contributed by atoms with Crippen LogP contribution in [0.25, 0.3) is 5.82 Å². The Hall–Kier alpha value is -1.62. The van der Waals surface area contributed by atoms with Crippen LogP contribution in [0.5, 0.6) is 5.75 Å². The van der Waals surface area contributed by atoms with Crippen LogP contribution in [-0.2, 0) is 0 Å². The number of halogens is 1. The van der Waals surface area contributed by atoms with E-state index in [0.717, 1.165) is 0 Å². The minimum atomic E-state index is 0.357. The number of hydrogen-bond donors (Lipinski definition) is 0. The van der Waals surface area contributed by atoms with Gasteiger partial charge in [0.05, 0.1) is 19.0 Å². The fourth-order valence-corrected chi connectivity index (χ4v) is 1.20. The van der Waals surface area contributed by atoms with Crippen molar-refractivity contribution in [3.05, 3.63) is 29.7 Å². The van der Waals surface area contributed by atoms with Crippen LogP contribution < -0.4 is 4.74 Å². The van der Waals surface area contributed by atoms with E-state index in [1.165, 1.54) is 0 Å². The molecule has 0 aliphatic rings. The van der Waals surface area contributed by atoms with Gasteiger partial charge in [-0.1, -0.05) is 11.6 Å². The highest BCUT2D eigenvalue weighted by atomic mass is 35.5. The van der Waals surface area contributed by atoms with Crippen molar-refractivity contribution < 1.29 is 4.74 Å². The van der Waals surface area contributed by atoms with E-state index in [0.29, 0.717) is 23.3 Å². The summed E-state index contributed by atoms with van der Waals surface area (Å²) in [5.74, 6) is 1.31. The van der Waals surface area contributed by atoms with Crippen molar-refractivity contribution in [3.63, 3.8) is 0 Å². The zero-order valence-electron chi connectivity index (χ0n) is 8.09. The second-order valence-corrected chi connectivity index (χ2v) is 3.16. The summed E-state index contributed by atoms with van der Waals surface area (Å²) in [4.78, 5) is 0.